The molecule has 1 atom stereocenters. The summed E-state index contributed by atoms with van der Waals surface area (Å²) in [6.45, 7) is 0.826. The first-order valence-corrected chi connectivity index (χ1v) is 7.17. The summed E-state index contributed by atoms with van der Waals surface area (Å²) in [5.41, 5.74) is 0.874. The van der Waals surface area contributed by atoms with Gasteiger partial charge < -0.3 is 10.0 Å². The molecule has 1 amide bonds. The summed E-state index contributed by atoms with van der Waals surface area (Å²) < 4.78 is 0. The molecule has 20 heavy (non-hydrogen) atoms. The maximum Gasteiger partial charge on any atom is 0.308 e. The number of amides is 1. The first-order chi connectivity index (χ1) is 9.47. The zero-order chi connectivity index (χ0) is 14.7. The number of carboxylic acids is 1. The number of carbonyl (C=O) groups excluding carboxylic acids is 1. The average molecular weight is 316 g/mol. The zero-order valence-electron chi connectivity index (χ0n) is 10.8. The number of carboxylic acid groups (broad SMARTS) is 1. The van der Waals surface area contributed by atoms with Gasteiger partial charge in [0, 0.05) is 29.6 Å². The van der Waals surface area contributed by atoms with Crippen LogP contribution in [0.1, 0.15) is 18.4 Å². The zero-order valence-corrected chi connectivity index (χ0v) is 12.3. The Bertz CT molecular complexity index is 533. The molecule has 1 fully saturated rings. The lowest BCUT2D eigenvalue weighted by atomic mass is 10.1. The quantitative estimate of drug-likeness (QED) is 0.929. The van der Waals surface area contributed by atoms with E-state index in [1.807, 2.05) is 6.07 Å². The van der Waals surface area contributed by atoms with E-state index in [0.717, 1.165) is 5.56 Å². The van der Waals surface area contributed by atoms with Gasteiger partial charge in [-0.05, 0) is 30.5 Å². The summed E-state index contributed by atoms with van der Waals surface area (Å²) in [5.74, 6) is -1.29. The van der Waals surface area contributed by atoms with Crippen molar-refractivity contribution in [1.82, 2.24) is 4.90 Å². The monoisotopic (exact) mass is 315 g/mol. The largest absolute Gasteiger partial charge is 0.481 e. The van der Waals surface area contributed by atoms with E-state index in [2.05, 4.69) is 0 Å². The van der Waals surface area contributed by atoms with Crippen molar-refractivity contribution in [3.8, 4) is 0 Å². The van der Waals surface area contributed by atoms with Crippen molar-refractivity contribution in [2.45, 2.75) is 19.3 Å². The van der Waals surface area contributed by atoms with E-state index >= 15 is 0 Å². The Morgan fingerprint density at radius 3 is 2.70 bits per heavy atom. The van der Waals surface area contributed by atoms with E-state index < -0.39 is 11.9 Å². The summed E-state index contributed by atoms with van der Waals surface area (Å²) in [4.78, 5) is 24.5. The lowest BCUT2D eigenvalue weighted by Gasteiger charge is -2.16. The number of rotatable bonds is 4. The molecule has 2 rings (SSSR count). The molecule has 1 aromatic carbocycles. The third kappa shape index (κ3) is 3.64. The van der Waals surface area contributed by atoms with Gasteiger partial charge in [0.15, 0.2) is 0 Å². The third-order valence-corrected chi connectivity index (χ3v) is 4.10. The highest BCUT2D eigenvalue weighted by Gasteiger charge is 2.30. The van der Waals surface area contributed by atoms with Crippen molar-refractivity contribution in [1.29, 1.82) is 0 Å². The van der Waals surface area contributed by atoms with Gasteiger partial charge in [0.05, 0.1) is 5.92 Å². The van der Waals surface area contributed by atoms with Gasteiger partial charge in [-0.15, -0.1) is 0 Å². The van der Waals surface area contributed by atoms with Crippen LogP contribution in [0.15, 0.2) is 18.2 Å². The van der Waals surface area contributed by atoms with Crippen LogP contribution < -0.4 is 0 Å². The van der Waals surface area contributed by atoms with Gasteiger partial charge in [0.2, 0.25) is 5.91 Å². The Morgan fingerprint density at radius 1 is 1.35 bits per heavy atom. The molecule has 0 aliphatic carbocycles. The first kappa shape index (κ1) is 15.1. The highest BCUT2D eigenvalue weighted by atomic mass is 35.5. The van der Waals surface area contributed by atoms with E-state index in [-0.39, 0.29) is 5.91 Å². The molecule has 1 saturated heterocycles. The van der Waals surface area contributed by atoms with Gasteiger partial charge in [-0.1, -0.05) is 29.3 Å². The lowest BCUT2D eigenvalue weighted by Crippen LogP contribution is -2.30. The fraction of sp³-hybridized carbons (Fsp3) is 0.429. The van der Waals surface area contributed by atoms with Crippen molar-refractivity contribution < 1.29 is 14.7 Å². The Labute approximate surface area is 127 Å². The molecule has 0 bridgehead atoms. The third-order valence-electron chi connectivity index (χ3n) is 3.51. The predicted molar refractivity (Wildman–Crippen MR) is 77.1 cm³/mol. The molecular formula is C14H15Cl2NO3. The summed E-state index contributed by atoms with van der Waals surface area (Å²) in [5, 5.41) is 10.0. The van der Waals surface area contributed by atoms with Crippen LogP contribution in [0.5, 0.6) is 0 Å². The van der Waals surface area contributed by atoms with Crippen LogP contribution in [0.25, 0.3) is 0 Å². The van der Waals surface area contributed by atoms with Crippen LogP contribution in [0.3, 0.4) is 0 Å². The molecule has 1 aliphatic heterocycles. The molecule has 1 N–H and O–H groups in total. The molecule has 0 spiro atoms. The minimum atomic E-state index is -0.832. The van der Waals surface area contributed by atoms with Crippen LogP contribution >= 0.6 is 23.2 Å². The Kier molecular flexibility index (Phi) is 4.89. The maximum atomic E-state index is 12.0. The number of aliphatic carboxylic acids is 1. The van der Waals surface area contributed by atoms with Crippen molar-refractivity contribution in [2.75, 3.05) is 13.1 Å². The number of hydrogen-bond acceptors (Lipinski definition) is 2. The SMILES string of the molecule is O=C(O)C1CCN(C(=O)CCc2ccc(Cl)cc2Cl)C1. The van der Waals surface area contributed by atoms with Crippen LogP contribution in [-0.2, 0) is 16.0 Å². The predicted octanol–water partition coefficient (Wildman–Crippen LogP) is 2.86. The summed E-state index contributed by atoms with van der Waals surface area (Å²) in [7, 11) is 0. The molecule has 1 heterocycles. The van der Waals surface area contributed by atoms with Crippen molar-refractivity contribution in [2.24, 2.45) is 5.92 Å². The molecule has 1 aliphatic rings. The smallest absolute Gasteiger partial charge is 0.308 e. The van der Waals surface area contributed by atoms with Crippen LogP contribution in [0.4, 0.5) is 0 Å². The molecular weight excluding hydrogens is 301 g/mol. The summed E-state index contributed by atoms with van der Waals surface area (Å²) in [6.07, 6.45) is 1.39. The molecule has 108 valence electrons. The highest BCUT2D eigenvalue weighted by molar-refractivity contribution is 6.35. The minimum Gasteiger partial charge on any atom is -0.481 e. The van der Waals surface area contributed by atoms with E-state index in [1.54, 1.807) is 17.0 Å². The summed E-state index contributed by atoms with van der Waals surface area (Å²) in [6, 6.07) is 5.20. The first-order valence-electron chi connectivity index (χ1n) is 6.42. The van der Waals surface area contributed by atoms with E-state index in [0.29, 0.717) is 42.4 Å². The van der Waals surface area contributed by atoms with Gasteiger partial charge in [-0.3, -0.25) is 9.59 Å². The average Bonchev–Trinajstić information content (AvgIpc) is 2.87. The van der Waals surface area contributed by atoms with Crippen LogP contribution in [-0.4, -0.2) is 35.0 Å². The second-order valence-electron chi connectivity index (χ2n) is 4.90. The number of halogens is 2. The fourth-order valence-electron chi connectivity index (χ4n) is 2.31. The van der Waals surface area contributed by atoms with Gasteiger partial charge in [-0.25, -0.2) is 0 Å². The Balaban J connectivity index is 1.88. The van der Waals surface area contributed by atoms with E-state index in [1.165, 1.54) is 0 Å². The van der Waals surface area contributed by atoms with Crippen molar-refractivity contribution in [3.05, 3.63) is 33.8 Å². The fourth-order valence-corrected chi connectivity index (χ4v) is 2.82. The molecule has 4 nitrogen and oxygen atoms in total. The summed E-state index contributed by atoms with van der Waals surface area (Å²) >= 11 is 11.9. The van der Waals surface area contributed by atoms with Crippen LogP contribution in [0.2, 0.25) is 10.0 Å². The molecule has 1 unspecified atom stereocenters. The number of aryl methyl sites for hydroxylation is 1. The second-order valence-corrected chi connectivity index (χ2v) is 5.74. The van der Waals surface area contributed by atoms with Gasteiger partial charge in [0.1, 0.15) is 0 Å². The molecule has 6 heteroatoms. The maximum absolute atomic E-state index is 12.0. The lowest BCUT2D eigenvalue weighted by molar-refractivity contribution is -0.141. The molecule has 0 radical (unpaired) electrons. The highest BCUT2D eigenvalue weighted by Crippen LogP contribution is 2.23. The Hall–Kier alpha value is -1.26. The molecule has 1 aromatic rings. The number of benzene rings is 1. The van der Waals surface area contributed by atoms with Crippen molar-refractivity contribution >= 4 is 35.1 Å². The standard InChI is InChI=1S/C14H15Cl2NO3/c15-11-3-1-9(12(16)7-11)2-4-13(18)17-6-5-10(8-17)14(19)20/h1,3,7,10H,2,4-6,8H2,(H,19,20). The number of nitrogens with zero attached hydrogens (tertiary/aromatic N) is 1. The molecule has 0 aromatic heterocycles. The van der Waals surface area contributed by atoms with Crippen molar-refractivity contribution in [3.63, 3.8) is 0 Å². The normalized spacial score (nSPS) is 18.3. The number of carbonyl (C=O) groups is 2. The van der Waals surface area contributed by atoms with Gasteiger partial charge in [-0.2, -0.15) is 0 Å². The second kappa shape index (κ2) is 6.46. The number of hydrogen-bond donors (Lipinski definition) is 1. The Morgan fingerprint density at radius 2 is 2.10 bits per heavy atom. The van der Waals surface area contributed by atoms with Crippen LogP contribution in [0, 0.1) is 5.92 Å². The topological polar surface area (TPSA) is 57.6 Å². The molecule has 0 saturated carbocycles. The minimum absolute atomic E-state index is 0.0280. The van der Waals surface area contributed by atoms with Gasteiger partial charge >= 0.3 is 5.97 Å². The van der Waals surface area contributed by atoms with E-state index in [4.69, 9.17) is 28.3 Å². The van der Waals surface area contributed by atoms with E-state index in [9.17, 15) is 9.59 Å². The van der Waals surface area contributed by atoms with Gasteiger partial charge in [0.25, 0.3) is 0 Å². The number of likely N-dealkylation sites (tertiary alicyclic amines) is 1.